The topological polar surface area (TPSA) is 37.3 Å². The van der Waals surface area contributed by atoms with Crippen molar-refractivity contribution >= 4 is 5.91 Å². The van der Waals surface area contributed by atoms with Crippen LogP contribution in [-0.2, 0) is 24.7 Å². The molecule has 1 N–H and O–H groups in total. The molecule has 0 spiro atoms. The Hall–Kier alpha value is -2.07. The summed E-state index contributed by atoms with van der Waals surface area (Å²) < 4.78 is 1.98. The minimum atomic E-state index is 0.135. The number of hydrogen-bond acceptors (Lipinski definition) is 2. The van der Waals surface area contributed by atoms with Crippen molar-refractivity contribution in [2.45, 2.75) is 31.7 Å². The molecule has 0 aliphatic carbocycles. The summed E-state index contributed by atoms with van der Waals surface area (Å²) in [6, 6.07) is 12.9. The van der Waals surface area contributed by atoms with Crippen molar-refractivity contribution in [2.24, 2.45) is 7.05 Å². The Labute approximate surface area is 144 Å². The normalized spacial score (nSPS) is 18.5. The number of amides is 1. The van der Waals surface area contributed by atoms with Crippen molar-refractivity contribution < 1.29 is 4.79 Å². The van der Waals surface area contributed by atoms with Gasteiger partial charge in [-0.1, -0.05) is 30.3 Å². The van der Waals surface area contributed by atoms with E-state index in [9.17, 15) is 4.79 Å². The van der Waals surface area contributed by atoms with Crippen LogP contribution in [0, 0.1) is 0 Å². The molecule has 1 saturated heterocycles. The molecule has 1 fully saturated rings. The molecule has 0 radical (unpaired) electrons. The third-order valence-corrected chi connectivity index (χ3v) is 4.69. The first-order chi connectivity index (χ1) is 11.7. The molecule has 0 bridgehead atoms. The highest BCUT2D eigenvalue weighted by molar-refractivity contribution is 5.78. The van der Waals surface area contributed by atoms with Gasteiger partial charge in [-0.15, -0.1) is 0 Å². The number of hydrogen-bond donors (Lipinski definition) is 1. The molecule has 1 aromatic heterocycles. The van der Waals surface area contributed by atoms with Crippen LogP contribution in [0.3, 0.4) is 0 Å². The molecular weight excluding hydrogens is 298 g/mol. The van der Waals surface area contributed by atoms with E-state index < -0.39 is 0 Å². The monoisotopic (exact) mass is 325 g/mol. The zero-order valence-corrected chi connectivity index (χ0v) is 14.4. The summed E-state index contributed by atoms with van der Waals surface area (Å²) in [5, 5.41) is 3.21. The van der Waals surface area contributed by atoms with Crippen LogP contribution in [0.1, 0.15) is 24.0 Å². The van der Waals surface area contributed by atoms with Gasteiger partial charge in [0.1, 0.15) is 0 Å². The summed E-state index contributed by atoms with van der Waals surface area (Å²) in [7, 11) is 1.98. The second kappa shape index (κ2) is 8.15. The van der Waals surface area contributed by atoms with Gasteiger partial charge in [0.2, 0.25) is 5.91 Å². The predicted molar refractivity (Wildman–Crippen MR) is 96.9 cm³/mol. The van der Waals surface area contributed by atoms with E-state index in [0.717, 1.165) is 44.5 Å². The van der Waals surface area contributed by atoms with Crippen LogP contribution in [0.2, 0.25) is 0 Å². The standard InChI is InChI=1S/C20H27N3O/c1-22-12-9-18(15-22)14-20(24)21-19-8-5-11-23(16-19)13-10-17-6-3-2-4-7-17/h2-4,6-7,9,12,15,19H,5,8,10-11,13-14,16H2,1H3,(H,21,24)/t19-/m0/s1. The Morgan fingerprint density at radius 1 is 1.21 bits per heavy atom. The lowest BCUT2D eigenvalue weighted by atomic mass is 10.0. The van der Waals surface area contributed by atoms with Crippen molar-refractivity contribution in [3.05, 3.63) is 59.9 Å². The average molecular weight is 325 g/mol. The first kappa shape index (κ1) is 16.8. The molecule has 2 aromatic rings. The number of aryl methyl sites for hydroxylation is 1. The molecule has 1 aliphatic rings. The SMILES string of the molecule is Cn1ccc(CC(=O)N[C@H]2CCCN(CCc3ccccc3)C2)c1. The summed E-state index contributed by atoms with van der Waals surface area (Å²) in [6.07, 6.45) is 7.78. The molecule has 128 valence electrons. The number of carbonyl (C=O) groups excluding carboxylic acids is 1. The first-order valence-corrected chi connectivity index (χ1v) is 8.85. The number of rotatable bonds is 6. The van der Waals surface area contributed by atoms with Gasteiger partial charge in [0.15, 0.2) is 0 Å². The molecule has 1 aliphatic heterocycles. The molecule has 4 heteroatoms. The second-order valence-electron chi connectivity index (χ2n) is 6.80. The number of carbonyl (C=O) groups is 1. The molecule has 1 aromatic carbocycles. The maximum atomic E-state index is 12.2. The molecule has 1 amide bonds. The van der Waals surface area contributed by atoms with E-state index in [0.29, 0.717) is 6.42 Å². The highest BCUT2D eigenvalue weighted by Gasteiger charge is 2.21. The molecule has 0 saturated carbocycles. The lowest BCUT2D eigenvalue weighted by molar-refractivity contribution is -0.121. The Bertz CT molecular complexity index is 650. The lowest BCUT2D eigenvalue weighted by Gasteiger charge is -2.33. The van der Waals surface area contributed by atoms with Gasteiger partial charge in [0, 0.05) is 38.6 Å². The quantitative estimate of drug-likeness (QED) is 0.885. The van der Waals surface area contributed by atoms with Crippen molar-refractivity contribution in [3.8, 4) is 0 Å². The summed E-state index contributed by atoms with van der Waals surface area (Å²) in [4.78, 5) is 14.7. The van der Waals surface area contributed by atoms with Crippen LogP contribution in [-0.4, -0.2) is 41.1 Å². The number of aromatic nitrogens is 1. The van der Waals surface area contributed by atoms with E-state index in [1.54, 1.807) is 0 Å². The molecular formula is C20H27N3O. The zero-order chi connectivity index (χ0) is 16.8. The molecule has 2 heterocycles. The van der Waals surface area contributed by atoms with Gasteiger partial charge < -0.3 is 14.8 Å². The van der Waals surface area contributed by atoms with Gasteiger partial charge in [0.05, 0.1) is 6.42 Å². The minimum absolute atomic E-state index is 0.135. The van der Waals surface area contributed by atoms with E-state index in [2.05, 4.69) is 40.5 Å². The van der Waals surface area contributed by atoms with Gasteiger partial charge in [-0.05, 0) is 43.0 Å². The Morgan fingerprint density at radius 2 is 2.04 bits per heavy atom. The number of piperidine rings is 1. The Morgan fingerprint density at radius 3 is 2.79 bits per heavy atom. The van der Waals surface area contributed by atoms with Crippen LogP contribution in [0.15, 0.2) is 48.8 Å². The van der Waals surface area contributed by atoms with Crippen molar-refractivity contribution in [3.63, 3.8) is 0 Å². The van der Waals surface area contributed by atoms with Gasteiger partial charge >= 0.3 is 0 Å². The Kier molecular flexibility index (Phi) is 5.70. The number of benzene rings is 1. The van der Waals surface area contributed by atoms with Crippen molar-refractivity contribution in [2.75, 3.05) is 19.6 Å². The summed E-state index contributed by atoms with van der Waals surface area (Å²) in [5.74, 6) is 0.135. The van der Waals surface area contributed by atoms with Gasteiger partial charge in [-0.2, -0.15) is 0 Å². The van der Waals surface area contributed by atoms with Gasteiger partial charge in [0.25, 0.3) is 0 Å². The molecule has 1 atom stereocenters. The Balaban J connectivity index is 1.44. The van der Waals surface area contributed by atoms with Crippen molar-refractivity contribution in [1.82, 2.24) is 14.8 Å². The molecule has 4 nitrogen and oxygen atoms in total. The molecule has 0 unspecified atom stereocenters. The van der Waals surface area contributed by atoms with E-state index in [-0.39, 0.29) is 11.9 Å². The van der Waals surface area contributed by atoms with Crippen molar-refractivity contribution in [1.29, 1.82) is 0 Å². The average Bonchev–Trinajstić information content (AvgIpc) is 2.99. The maximum absolute atomic E-state index is 12.2. The largest absolute Gasteiger partial charge is 0.357 e. The fourth-order valence-electron chi connectivity index (χ4n) is 3.44. The third-order valence-electron chi connectivity index (χ3n) is 4.69. The van der Waals surface area contributed by atoms with Crippen LogP contribution in [0.4, 0.5) is 0 Å². The smallest absolute Gasteiger partial charge is 0.224 e. The van der Waals surface area contributed by atoms with Crippen LogP contribution in [0.25, 0.3) is 0 Å². The van der Waals surface area contributed by atoms with Gasteiger partial charge in [-0.25, -0.2) is 0 Å². The first-order valence-electron chi connectivity index (χ1n) is 8.85. The van der Waals surface area contributed by atoms with E-state index in [1.165, 1.54) is 5.56 Å². The highest BCUT2D eigenvalue weighted by Crippen LogP contribution is 2.12. The van der Waals surface area contributed by atoms with Crippen LogP contribution >= 0.6 is 0 Å². The number of likely N-dealkylation sites (tertiary alicyclic amines) is 1. The zero-order valence-electron chi connectivity index (χ0n) is 14.4. The van der Waals surface area contributed by atoms with Crippen LogP contribution in [0.5, 0.6) is 0 Å². The maximum Gasteiger partial charge on any atom is 0.224 e. The van der Waals surface area contributed by atoms with Gasteiger partial charge in [-0.3, -0.25) is 4.79 Å². The fraction of sp³-hybridized carbons (Fsp3) is 0.450. The summed E-state index contributed by atoms with van der Waals surface area (Å²) in [5.41, 5.74) is 2.46. The summed E-state index contributed by atoms with van der Waals surface area (Å²) in [6.45, 7) is 3.17. The lowest BCUT2D eigenvalue weighted by Crippen LogP contribution is -2.48. The third kappa shape index (κ3) is 4.96. The number of nitrogens with zero attached hydrogens (tertiary/aromatic N) is 2. The second-order valence-corrected chi connectivity index (χ2v) is 6.80. The van der Waals surface area contributed by atoms with E-state index in [4.69, 9.17) is 0 Å². The minimum Gasteiger partial charge on any atom is -0.357 e. The highest BCUT2D eigenvalue weighted by atomic mass is 16.1. The molecule has 24 heavy (non-hydrogen) atoms. The fourth-order valence-corrected chi connectivity index (χ4v) is 3.44. The number of nitrogens with one attached hydrogen (secondary N) is 1. The van der Waals surface area contributed by atoms with E-state index >= 15 is 0 Å². The summed E-state index contributed by atoms with van der Waals surface area (Å²) >= 11 is 0. The van der Waals surface area contributed by atoms with Crippen LogP contribution < -0.4 is 5.32 Å². The predicted octanol–water partition coefficient (Wildman–Crippen LogP) is 2.39. The van der Waals surface area contributed by atoms with E-state index in [1.807, 2.05) is 30.1 Å². The molecule has 3 rings (SSSR count).